The quantitative estimate of drug-likeness (QED) is 0.835. The Morgan fingerprint density at radius 3 is 2.75 bits per heavy atom. The Balaban J connectivity index is 1.98. The molecule has 2 aliphatic heterocycles. The molecule has 0 fully saturated rings. The molecule has 2 aromatic carbocycles. The van der Waals surface area contributed by atoms with Crippen LogP contribution in [0.2, 0.25) is 0 Å². The molecule has 0 saturated carbocycles. The summed E-state index contributed by atoms with van der Waals surface area (Å²) in [6, 6.07) is 11.0. The first-order valence-electron chi connectivity index (χ1n) is 7.49. The summed E-state index contributed by atoms with van der Waals surface area (Å²) in [6.07, 6.45) is 1.56. The highest BCUT2D eigenvalue weighted by Crippen LogP contribution is 2.45. The van der Waals surface area contributed by atoms with Crippen LogP contribution < -0.4 is 10.6 Å². The Kier molecular flexibility index (Phi) is 2.96. The lowest BCUT2D eigenvalue weighted by molar-refractivity contribution is -0.124. The van der Waals surface area contributed by atoms with Crippen molar-refractivity contribution in [1.29, 1.82) is 0 Å². The number of nitrogens with zero attached hydrogens (tertiary/aromatic N) is 1. The molecule has 0 saturated heterocycles. The highest BCUT2D eigenvalue weighted by Gasteiger charge is 2.56. The maximum atomic E-state index is 13.5. The van der Waals surface area contributed by atoms with E-state index in [0.29, 0.717) is 22.5 Å². The molecule has 0 radical (unpaired) electrons. The van der Waals surface area contributed by atoms with Crippen LogP contribution in [0.4, 0.5) is 15.8 Å². The lowest BCUT2D eigenvalue weighted by Crippen LogP contribution is -2.61. The minimum absolute atomic E-state index is 0.171. The summed E-state index contributed by atoms with van der Waals surface area (Å²) >= 11 is 0. The summed E-state index contributed by atoms with van der Waals surface area (Å²) in [5.74, 6) is -1.16. The monoisotopic (exact) mass is 323 g/mol. The Morgan fingerprint density at radius 2 is 1.96 bits per heavy atom. The summed E-state index contributed by atoms with van der Waals surface area (Å²) in [5, 5.41) is 5.85. The topological polar surface area (TPSA) is 61.4 Å². The van der Waals surface area contributed by atoms with Crippen molar-refractivity contribution in [1.82, 2.24) is 4.90 Å². The molecule has 24 heavy (non-hydrogen) atoms. The van der Waals surface area contributed by atoms with Gasteiger partial charge in [0.15, 0.2) is 0 Å². The van der Waals surface area contributed by atoms with E-state index >= 15 is 0 Å². The minimum atomic E-state index is -1.41. The van der Waals surface area contributed by atoms with E-state index in [1.165, 1.54) is 23.1 Å². The van der Waals surface area contributed by atoms with E-state index in [1.54, 1.807) is 30.3 Å². The molecule has 2 amide bonds. The lowest BCUT2D eigenvalue weighted by Gasteiger charge is -2.44. The molecule has 1 atom stereocenters. The predicted octanol–water partition coefficient (Wildman–Crippen LogP) is 2.68. The van der Waals surface area contributed by atoms with Gasteiger partial charge in [-0.15, -0.1) is 6.58 Å². The number of nitrogens with one attached hydrogen (secondary N) is 2. The van der Waals surface area contributed by atoms with E-state index in [4.69, 9.17) is 0 Å². The van der Waals surface area contributed by atoms with Crippen molar-refractivity contribution in [3.63, 3.8) is 0 Å². The van der Waals surface area contributed by atoms with Crippen LogP contribution in [0.1, 0.15) is 15.9 Å². The molecule has 0 aliphatic carbocycles. The molecule has 1 spiro atoms. The first kappa shape index (κ1) is 14.4. The van der Waals surface area contributed by atoms with E-state index < -0.39 is 17.4 Å². The molecule has 2 heterocycles. The summed E-state index contributed by atoms with van der Waals surface area (Å²) in [4.78, 5) is 27.2. The van der Waals surface area contributed by atoms with Crippen molar-refractivity contribution in [2.45, 2.75) is 5.66 Å². The first-order chi connectivity index (χ1) is 11.6. The highest BCUT2D eigenvalue weighted by molar-refractivity contribution is 6.14. The normalized spacial score (nSPS) is 21.1. The second-order valence-electron chi connectivity index (χ2n) is 5.73. The number of carbonyl (C=O) groups excluding carboxylic acids is 2. The van der Waals surface area contributed by atoms with Crippen LogP contribution in [0, 0.1) is 5.82 Å². The number of rotatable bonds is 2. The van der Waals surface area contributed by atoms with E-state index in [0.717, 1.165) is 0 Å². The molecular formula is C18H14FN3O2. The predicted molar refractivity (Wildman–Crippen MR) is 88.0 cm³/mol. The first-order valence-corrected chi connectivity index (χ1v) is 7.49. The number of amides is 2. The average molecular weight is 323 g/mol. The van der Waals surface area contributed by atoms with E-state index in [-0.39, 0.29) is 12.5 Å². The smallest absolute Gasteiger partial charge is 0.276 e. The molecule has 0 bridgehead atoms. The number of hydrogen-bond donors (Lipinski definition) is 2. The van der Waals surface area contributed by atoms with Crippen LogP contribution in [0.25, 0.3) is 0 Å². The molecule has 4 rings (SSSR count). The molecule has 120 valence electrons. The molecule has 1 unspecified atom stereocenters. The standard InChI is InChI=1S/C18H14FN3O2/c1-2-9-22-16(23)12-5-3-4-6-14(12)21-18(22)13-8-7-11(19)10-15(13)20-17(18)24/h2-8,10,21H,1,9H2,(H,20,24). The van der Waals surface area contributed by atoms with Gasteiger partial charge in [-0.3, -0.25) is 14.5 Å². The van der Waals surface area contributed by atoms with Crippen LogP contribution >= 0.6 is 0 Å². The molecular weight excluding hydrogens is 309 g/mol. The Hall–Kier alpha value is -3.15. The average Bonchev–Trinajstić information content (AvgIpc) is 2.83. The van der Waals surface area contributed by atoms with Crippen molar-refractivity contribution >= 4 is 23.2 Å². The molecule has 2 aliphatic rings. The third kappa shape index (κ3) is 1.73. The van der Waals surface area contributed by atoms with Crippen molar-refractivity contribution < 1.29 is 14.0 Å². The van der Waals surface area contributed by atoms with Crippen molar-refractivity contribution in [2.75, 3.05) is 17.2 Å². The maximum Gasteiger partial charge on any atom is 0.276 e. The number of halogens is 1. The third-order valence-corrected chi connectivity index (χ3v) is 4.38. The van der Waals surface area contributed by atoms with Crippen molar-refractivity contribution in [3.05, 3.63) is 72.1 Å². The summed E-state index contributed by atoms with van der Waals surface area (Å²) in [5.41, 5.74) is 0.499. The van der Waals surface area contributed by atoms with Gasteiger partial charge in [0.1, 0.15) is 5.82 Å². The molecule has 5 nitrogen and oxygen atoms in total. The third-order valence-electron chi connectivity index (χ3n) is 4.38. The number of hydrogen-bond acceptors (Lipinski definition) is 3. The van der Waals surface area contributed by atoms with Gasteiger partial charge in [-0.05, 0) is 30.3 Å². The van der Waals surface area contributed by atoms with Gasteiger partial charge in [0.2, 0.25) is 5.66 Å². The van der Waals surface area contributed by atoms with Crippen LogP contribution in [0.5, 0.6) is 0 Å². The van der Waals surface area contributed by atoms with E-state index in [9.17, 15) is 14.0 Å². The van der Waals surface area contributed by atoms with Gasteiger partial charge < -0.3 is 10.6 Å². The van der Waals surface area contributed by atoms with Crippen LogP contribution in [-0.2, 0) is 10.5 Å². The zero-order valence-electron chi connectivity index (χ0n) is 12.7. The maximum absolute atomic E-state index is 13.5. The van der Waals surface area contributed by atoms with Crippen LogP contribution in [0.3, 0.4) is 0 Å². The van der Waals surface area contributed by atoms with Gasteiger partial charge >= 0.3 is 0 Å². The highest BCUT2D eigenvalue weighted by atomic mass is 19.1. The number of para-hydroxylation sites is 1. The fourth-order valence-electron chi connectivity index (χ4n) is 3.35. The van der Waals surface area contributed by atoms with Gasteiger partial charge in [0.25, 0.3) is 11.8 Å². The zero-order valence-corrected chi connectivity index (χ0v) is 12.7. The number of fused-ring (bicyclic) bond motifs is 3. The van der Waals surface area contributed by atoms with Crippen LogP contribution in [0.15, 0.2) is 55.1 Å². The number of anilines is 2. The van der Waals surface area contributed by atoms with E-state index in [2.05, 4.69) is 17.2 Å². The fourth-order valence-corrected chi connectivity index (χ4v) is 3.35. The molecule has 2 N–H and O–H groups in total. The summed E-state index contributed by atoms with van der Waals surface area (Å²) < 4.78 is 13.5. The summed E-state index contributed by atoms with van der Waals surface area (Å²) in [6.45, 7) is 3.85. The summed E-state index contributed by atoms with van der Waals surface area (Å²) in [7, 11) is 0. The van der Waals surface area contributed by atoms with Gasteiger partial charge in [-0.1, -0.05) is 18.2 Å². The minimum Gasteiger partial charge on any atom is -0.350 e. The Morgan fingerprint density at radius 1 is 1.17 bits per heavy atom. The molecule has 0 aromatic heterocycles. The van der Waals surface area contributed by atoms with E-state index in [1.807, 2.05) is 0 Å². The van der Waals surface area contributed by atoms with Gasteiger partial charge in [-0.2, -0.15) is 0 Å². The number of carbonyl (C=O) groups is 2. The lowest BCUT2D eigenvalue weighted by atomic mass is 9.93. The zero-order chi connectivity index (χ0) is 16.9. The molecule has 6 heteroatoms. The largest absolute Gasteiger partial charge is 0.350 e. The van der Waals surface area contributed by atoms with Crippen molar-refractivity contribution in [2.24, 2.45) is 0 Å². The SMILES string of the molecule is C=CCN1C(=O)c2ccccc2NC12C(=O)Nc1cc(F)ccc12. The second-order valence-corrected chi connectivity index (χ2v) is 5.73. The fraction of sp³-hybridized carbons (Fsp3) is 0.111. The van der Waals surface area contributed by atoms with Gasteiger partial charge in [0.05, 0.1) is 11.3 Å². The molecule has 2 aromatic rings. The number of benzene rings is 2. The second kappa shape index (κ2) is 4.92. The van der Waals surface area contributed by atoms with Crippen LogP contribution in [-0.4, -0.2) is 23.3 Å². The Labute approximate surface area is 137 Å². The van der Waals surface area contributed by atoms with Gasteiger partial charge in [0, 0.05) is 17.8 Å². The van der Waals surface area contributed by atoms with Crippen molar-refractivity contribution in [3.8, 4) is 0 Å². The van der Waals surface area contributed by atoms with Gasteiger partial charge in [-0.25, -0.2) is 4.39 Å². The Bertz CT molecular complexity index is 896.